The van der Waals surface area contributed by atoms with E-state index in [4.69, 9.17) is 5.73 Å². The van der Waals surface area contributed by atoms with Crippen molar-refractivity contribution in [3.05, 3.63) is 65.5 Å². The minimum absolute atomic E-state index is 0.200. The van der Waals surface area contributed by atoms with Crippen molar-refractivity contribution in [1.82, 2.24) is 0 Å². The highest BCUT2D eigenvalue weighted by Gasteiger charge is 2.18. The maximum Gasteiger partial charge on any atom is 0.229 e. The summed E-state index contributed by atoms with van der Waals surface area (Å²) in [5.74, 6) is -1.08. The zero-order chi connectivity index (χ0) is 15.2. The van der Waals surface area contributed by atoms with Crippen LogP contribution < -0.4 is 11.1 Å². The predicted molar refractivity (Wildman–Crippen MR) is 82.5 cm³/mol. The van der Waals surface area contributed by atoms with E-state index in [-0.39, 0.29) is 24.1 Å². The summed E-state index contributed by atoms with van der Waals surface area (Å²) in [5, 5.41) is 2.63. The molecular formula is C17H19FN2O. The largest absolute Gasteiger partial charge is 0.330 e. The second kappa shape index (κ2) is 6.99. The third-order valence-corrected chi connectivity index (χ3v) is 3.36. The Balaban J connectivity index is 2.08. The molecule has 0 radical (unpaired) electrons. The molecule has 110 valence electrons. The molecule has 21 heavy (non-hydrogen) atoms. The maximum atomic E-state index is 13.7. The molecule has 0 spiro atoms. The molecule has 0 aliphatic heterocycles. The Morgan fingerprint density at radius 2 is 1.95 bits per heavy atom. The number of rotatable bonds is 5. The fourth-order valence-corrected chi connectivity index (χ4v) is 2.15. The first kappa shape index (κ1) is 15.2. The van der Waals surface area contributed by atoms with Crippen molar-refractivity contribution in [2.45, 2.75) is 13.3 Å². The zero-order valence-electron chi connectivity index (χ0n) is 12.0. The van der Waals surface area contributed by atoms with Gasteiger partial charge in [0.1, 0.15) is 5.82 Å². The molecule has 1 amide bonds. The van der Waals surface area contributed by atoms with Crippen LogP contribution in [0.15, 0.2) is 48.5 Å². The van der Waals surface area contributed by atoms with Gasteiger partial charge in [0.05, 0.1) is 11.6 Å². The summed E-state index contributed by atoms with van der Waals surface area (Å²) in [6.07, 6.45) is 0.538. The number of halogens is 1. The summed E-state index contributed by atoms with van der Waals surface area (Å²) >= 11 is 0. The van der Waals surface area contributed by atoms with Crippen LogP contribution in [0.4, 0.5) is 10.1 Å². The van der Waals surface area contributed by atoms with Gasteiger partial charge in [-0.1, -0.05) is 36.4 Å². The first-order chi connectivity index (χ1) is 10.1. The Morgan fingerprint density at radius 1 is 1.24 bits per heavy atom. The number of nitrogens with two attached hydrogens (primary N) is 1. The number of nitrogens with one attached hydrogen (secondary N) is 1. The number of benzene rings is 2. The number of hydrogen-bond acceptors (Lipinski definition) is 2. The van der Waals surface area contributed by atoms with Crippen molar-refractivity contribution >= 4 is 11.6 Å². The molecular weight excluding hydrogens is 267 g/mol. The predicted octanol–water partition coefficient (Wildman–Crippen LogP) is 2.89. The van der Waals surface area contributed by atoms with Crippen LogP contribution in [-0.2, 0) is 11.2 Å². The average molecular weight is 286 g/mol. The number of hydrogen-bond donors (Lipinski definition) is 2. The molecule has 1 atom stereocenters. The molecule has 2 rings (SSSR count). The Kier molecular flexibility index (Phi) is 5.06. The maximum absolute atomic E-state index is 13.7. The summed E-state index contributed by atoms with van der Waals surface area (Å²) < 4.78 is 13.7. The molecule has 0 saturated carbocycles. The number of amides is 1. The molecule has 0 aliphatic rings. The highest BCUT2D eigenvalue weighted by atomic mass is 19.1. The third kappa shape index (κ3) is 4.13. The normalized spacial score (nSPS) is 12.0. The number of carbonyl (C=O) groups excluding carboxylic acids is 1. The van der Waals surface area contributed by atoms with Gasteiger partial charge in [-0.15, -0.1) is 0 Å². The molecule has 4 heteroatoms. The van der Waals surface area contributed by atoms with Crippen molar-refractivity contribution in [2.75, 3.05) is 11.9 Å². The first-order valence-corrected chi connectivity index (χ1v) is 6.91. The molecule has 2 aromatic carbocycles. The van der Waals surface area contributed by atoms with E-state index in [2.05, 4.69) is 5.32 Å². The van der Waals surface area contributed by atoms with Crippen molar-refractivity contribution in [1.29, 1.82) is 0 Å². The Labute approximate surface area is 124 Å². The quantitative estimate of drug-likeness (QED) is 0.888. The Hall–Kier alpha value is -2.20. The van der Waals surface area contributed by atoms with Gasteiger partial charge in [-0.05, 0) is 36.6 Å². The van der Waals surface area contributed by atoms with Crippen LogP contribution in [0.1, 0.15) is 11.1 Å². The van der Waals surface area contributed by atoms with E-state index >= 15 is 0 Å². The second-order valence-corrected chi connectivity index (χ2v) is 5.09. The molecule has 0 aromatic heterocycles. The zero-order valence-corrected chi connectivity index (χ0v) is 12.0. The summed E-state index contributed by atoms with van der Waals surface area (Å²) in [4.78, 5) is 12.3. The van der Waals surface area contributed by atoms with E-state index in [9.17, 15) is 9.18 Å². The van der Waals surface area contributed by atoms with Gasteiger partial charge in [0.2, 0.25) is 5.91 Å². The fourth-order valence-electron chi connectivity index (χ4n) is 2.15. The van der Waals surface area contributed by atoms with Gasteiger partial charge in [-0.3, -0.25) is 4.79 Å². The minimum Gasteiger partial charge on any atom is -0.330 e. The van der Waals surface area contributed by atoms with Gasteiger partial charge >= 0.3 is 0 Å². The first-order valence-electron chi connectivity index (χ1n) is 6.91. The van der Waals surface area contributed by atoms with E-state index in [1.807, 2.05) is 37.3 Å². The monoisotopic (exact) mass is 286 g/mol. The molecule has 0 bridgehead atoms. The number of anilines is 1. The lowest BCUT2D eigenvalue weighted by Gasteiger charge is -2.15. The molecule has 0 aliphatic carbocycles. The van der Waals surface area contributed by atoms with E-state index in [0.717, 1.165) is 11.1 Å². The molecule has 0 heterocycles. The van der Waals surface area contributed by atoms with E-state index in [0.29, 0.717) is 6.42 Å². The topological polar surface area (TPSA) is 55.1 Å². The van der Waals surface area contributed by atoms with Gasteiger partial charge in [-0.2, -0.15) is 0 Å². The smallest absolute Gasteiger partial charge is 0.229 e. The van der Waals surface area contributed by atoms with Crippen LogP contribution in [0.3, 0.4) is 0 Å². The number of carbonyl (C=O) groups is 1. The SMILES string of the molecule is Cc1ccc(F)c(NC(=O)C(CN)Cc2ccccc2)c1. The van der Waals surface area contributed by atoms with Crippen molar-refractivity contribution in [2.24, 2.45) is 11.7 Å². The second-order valence-electron chi connectivity index (χ2n) is 5.09. The van der Waals surface area contributed by atoms with Crippen LogP contribution in [0.5, 0.6) is 0 Å². The van der Waals surface area contributed by atoms with Crippen LogP contribution in [0, 0.1) is 18.7 Å². The molecule has 2 aromatic rings. The van der Waals surface area contributed by atoms with E-state index in [1.165, 1.54) is 6.07 Å². The van der Waals surface area contributed by atoms with Gasteiger partial charge < -0.3 is 11.1 Å². The van der Waals surface area contributed by atoms with Crippen LogP contribution >= 0.6 is 0 Å². The highest BCUT2D eigenvalue weighted by Crippen LogP contribution is 2.17. The minimum atomic E-state index is -0.440. The van der Waals surface area contributed by atoms with Gasteiger partial charge in [0, 0.05) is 6.54 Å². The Bertz CT molecular complexity index is 613. The lowest BCUT2D eigenvalue weighted by Crippen LogP contribution is -2.31. The van der Waals surface area contributed by atoms with Crippen LogP contribution in [-0.4, -0.2) is 12.5 Å². The van der Waals surface area contributed by atoms with Crippen molar-refractivity contribution < 1.29 is 9.18 Å². The van der Waals surface area contributed by atoms with Crippen LogP contribution in [0.25, 0.3) is 0 Å². The van der Waals surface area contributed by atoms with Crippen molar-refractivity contribution in [3.63, 3.8) is 0 Å². The average Bonchev–Trinajstić information content (AvgIpc) is 2.49. The summed E-state index contributed by atoms with van der Waals surface area (Å²) in [6.45, 7) is 2.06. The van der Waals surface area contributed by atoms with Crippen LogP contribution in [0.2, 0.25) is 0 Å². The van der Waals surface area contributed by atoms with Crippen molar-refractivity contribution in [3.8, 4) is 0 Å². The fraction of sp³-hybridized carbons (Fsp3) is 0.235. The van der Waals surface area contributed by atoms with E-state index < -0.39 is 5.82 Å². The van der Waals surface area contributed by atoms with Gasteiger partial charge in [0.25, 0.3) is 0 Å². The Morgan fingerprint density at radius 3 is 2.62 bits per heavy atom. The lowest BCUT2D eigenvalue weighted by atomic mass is 9.98. The standard InChI is InChI=1S/C17H19FN2O/c1-12-7-8-15(18)16(9-12)20-17(21)14(11-19)10-13-5-3-2-4-6-13/h2-9,14H,10-11,19H2,1H3,(H,20,21). The summed E-state index contributed by atoms with van der Waals surface area (Å²) in [6, 6.07) is 14.3. The molecule has 3 nitrogen and oxygen atoms in total. The molecule has 1 unspecified atom stereocenters. The molecule has 0 fully saturated rings. The van der Waals surface area contributed by atoms with E-state index in [1.54, 1.807) is 12.1 Å². The third-order valence-electron chi connectivity index (χ3n) is 3.36. The summed E-state index contributed by atoms with van der Waals surface area (Å²) in [5.41, 5.74) is 7.81. The summed E-state index contributed by atoms with van der Waals surface area (Å²) in [7, 11) is 0. The van der Waals surface area contributed by atoms with Gasteiger partial charge in [-0.25, -0.2) is 4.39 Å². The highest BCUT2D eigenvalue weighted by molar-refractivity contribution is 5.93. The lowest BCUT2D eigenvalue weighted by molar-refractivity contribution is -0.119. The molecule has 3 N–H and O–H groups in total. The number of aryl methyl sites for hydroxylation is 1. The van der Waals surface area contributed by atoms with Gasteiger partial charge in [0.15, 0.2) is 0 Å². The molecule has 0 saturated heterocycles.